The number of rotatable bonds is 4. The molecule has 1 unspecified atom stereocenters. The molecule has 1 rings (SSSR count). The first-order valence-electron chi connectivity index (χ1n) is 5.38. The first-order valence-corrected chi connectivity index (χ1v) is 5.38. The summed E-state index contributed by atoms with van der Waals surface area (Å²) in [6.07, 6.45) is 4.59. The Hall–Kier alpha value is -1.28. The number of aromatic nitrogens is 1. The molecule has 2 nitrogen and oxygen atoms in total. The zero-order valence-corrected chi connectivity index (χ0v) is 10.0. The third kappa shape index (κ3) is 4.17. The van der Waals surface area contributed by atoms with E-state index in [1.807, 2.05) is 49.7 Å². The van der Waals surface area contributed by atoms with Crippen molar-refractivity contribution in [3.05, 3.63) is 37.2 Å². The lowest BCUT2D eigenvalue weighted by atomic mass is 10.2. The predicted molar refractivity (Wildman–Crippen MR) is 69.5 cm³/mol. The molecule has 0 aliphatic rings. The Morgan fingerprint density at radius 1 is 1.60 bits per heavy atom. The summed E-state index contributed by atoms with van der Waals surface area (Å²) in [6.45, 7) is 13.7. The molecule has 2 N–H and O–H groups in total. The van der Waals surface area contributed by atoms with Crippen molar-refractivity contribution in [3.8, 4) is 0 Å². The molecule has 0 aliphatic heterocycles. The molecule has 0 aromatic carbocycles. The van der Waals surface area contributed by atoms with E-state index in [9.17, 15) is 0 Å². The van der Waals surface area contributed by atoms with Crippen LogP contribution in [0.4, 0.5) is 0 Å². The maximum Gasteiger partial charge on any atom is 0.0446 e. The molecule has 0 fully saturated rings. The van der Waals surface area contributed by atoms with Gasteiger partial charge < -0.3 is 10.3 Å². The van der Waals surface area contributed by atoms with Crippen molar-refractivity contribution in [1.82, 2.24) is 4.57 Å². The van der Waals surface area contributed by atoms with Gasteiger partial charge in [-0.2, -0.15) is 0 Å². The van der Waals surface area contributed by atoms with Gasteiger partial charge in [-0.15, -0.1) is 0 Å². The minimum absolute atomic E-state index is 0.146. The van der Waals surface area contributed by atoms with E-state index < -0.39 is 0 Å². The first-order chi connectivity index (χ1) is 7.15. The molecule has 0 amide bonds. The van der Waals surface area contributed by atoms with Gasteiger partial charge in [-0.3, -0.25) is 0 Å². The average molecular weight is 206 g/mol. The summed E-state index contributed by atoms with van der Waals surface area (Å²) in [7, 11) is 0. The van der Waals surface area contributed by atoms with Crippen LogP contribution in [0.1, 0.15) is 32.9 Å². The number of nitrogens with two attached hydrogens (primary N) is 1. The third-order valence-electron chi connectivity index (χ3n) is 1.89. The highest BCUT2D eigenvalue weighted by atomic mass is 15.0. The summed E-state index contributed by atoms with van der Waals surface area (Å²) in [5.74, 6) is 0. The number of hydrogen-bond donors (Lipinski definition) is 1. The average Bonchev–Trinajstić information content (AvgIpc) is 2.67. The smallest absolute Gasteiger partial charge is 0.0446 e. The molecule has 2 heteroatoms. The van der Waals surface area contributed by atoms with Crippen LogP contribution >= 0.6 is 0 Å². The molecule has 0 aliphatic carbocycles. The standard InChI is InChI=1S/C11H16N2.C2H6/c1-4-11-6-5-7-13(11)10(3)8-9(2)12;1-2/h4-7,9H,1,3,8,12H2,2H3;1-2H3. The molecule has 0 saturated heterocycles. The number of nitrogens with zero attached hydrogens (tertiary/aromatic N) is 1. The molecule has 0 bridgehead atoms. The molecular weight excluding hydrogens is 184 g/mol. The topological polar surface area (TPSA) is 30.9 Å². The summed E-state index contributed by atoms with van der Waals surface area (Å²) < 4.78 is 2.01. The molecule has 1 atom stereocenters. The van der Waals surface area contributed by atoms with Gasteiger partial charge in [0.15, 0.2) is 0 Å². The van der Waals surface area contributed by atoms with E-state index in [0.717, 1.165) is 17.8 Å². The van der Waals surface area contributed by atoms with E-state index in [0.29, 0.717) is 0 Å². The van der Waals surface area contributed by atoms with Gasteiger partial charge in [0.1, 0.15) is 0 Å². The van der Waals surface area contributed by atoms with Gasteiger partial charge in [0.2, 0.25) is 0 Å². The van der Waals surface area contributed by atoms with Gasteiger partial charge in [0.25, 0.3) is 0 Å². The molecular formula is C13H22N2. The molecule has 84 valence electrons. The van der Waals surface area contributed by atoms with Crippen molar-refractivity contribution in [3.63, 3.8) is 0 Å². The van der Waals surface area contributed by atoms with Gasteiger partial charge in [0, 0.05) is 30.1 Å². The fourth-order valence-corrected chi connectivity index (χ4v) is 1.32. The maximum atomic E-state index is 5.69. The molecule has 1 aromatic heterocycles. The fraction of sp³-hybridized carbons (Fsp3) is 0.385. The first kappa shape index (κ1) is 13.7. The quantitative estimate of drug-likeness (QED) is 0.804. The minimum Gasteiger partial charge on any atom is -0.328 e. The van der Waals surface area contributed by atoms with Crippen LogP contribution < -0.4 is 5.73 Å². The van der Waals surface area contributed by atoms with E-state index in [2.05, 4.69) is 13.2 Å². The van der Waals surface area contributed by atoms with Gasteiger partial charge in [-0.25, -0.2) is 0 Å². The van der Waals surface area contributed by atoms with Gasteiger partial charge in [-0.1, -0.05) is 27.0 Å². The van der Waals surface area contributed by atoms with Crippen LogP contribution in [0.5, 0.6) is 0 Å². The van der Waals surface area contributed by atoms with Crippen molar-refractivity contribution in [2.24, 2.45) is 5.73 Å². The zero-order chi connectivity index (χ0) is 11.8. The zero-order valence-electron chi connectivity index (χ0n) is 10.0. The van der Waals surface area contributed by atoms with Crippen molar-refractivity contribution in [2.45, 2.75) is 33.2 Å². The Morgan fingerprint density at radius 3 is 2.67 bits per heavy atom. The second-order valence-corrected chi connectivity index (χ2v) is 3.25. The Labute approximate surface area is 93.1 Å². The molecule has 15 heavy (non-hydrogen) atoms. The Bertz CT molecular complexity index is 308. The largest absolute Gasteiger partial charge is 0.328 e. The highest BCUT2D eigenvalue weighted by Gasteiger charge is 2.03. The molecule has 0 radical (unpaired) electrons. The molecule has 0 spiro atoms. The Morgan fingerprint density at radius 2 is 2.20 bits per heavy atom. The Balaban J connectivity index is 0.000000921. The van der Waals surface area contributed by atoms with E-state index in [1.165, 1.54) is 0 Å². The summed E-state index contributed by atoms with van der Waals surface area (Å²) in [4.78, 5) is 0. The maximum absolute atomic E-state index is 5.69. The molecule has 1 heterocycles. The number of hydrogen-bond acceptors (Lipinski definition) is 1. The van der Waals surface area contributed by atoms with Crippen LogP contribution in [0.3, 0.4) is 0 Å². The van der Waals surface area contributed by atoms with Crippen LogP contribution in [0.2, 0.25) is 0 Å². The normalized spacial score (nSPS) is 11.2. The summed E-state index contributed by atoms with van der Waals surface area (Å²) in [5, 5.41) is 0. The van der Waals surface area contributed by atoms with Crippen molar-refractivity contribution in [2.75, 3.05) is 0 Å². The minimum atomic E-state index is 0.146. The van der Waals surface area contributed by atoms with Gasteiger partial charge in [0.05, 0.1) is 0 Å². The van der Waals surface area contributed by atoms with Gasteiger partial charge >= 0.3 is 0 Å². The summed E-state index contributed by atoms with van der Waals surface area (Å²) in [6, 6.07) is 4.12. The van der Waals surface area contributed by atoms with E-state index in [4.69, 9.17) is 5.73 Å². The third-order valence-corrected chi connectivity index (χ3v) is 1.89. The fourth-order valence-electron chi connectivity index (χ4n) is 1.32. The van der Waals surface area contributed by atoms with Crippen LogP contribution in [0.15, 0.2) is 31.5 Å². The highest BCUT2D eigenvalue weighted by Crippen LogP contribution is 2.14. The Kier molecular flexibility index (Phi) is 6.47. The SMILES string of the molecule is C=Cc1cccn1C(=C)CC(C)N.CC. The predicted octanol–water partition coefficient (Wildman–Crippen LogP) is 3.37. The summed E-state index contributed by atoms with van der Waals surface area (Å²) >= 11 is 0. The van der Waals surface area contributed by atoms with Crippen LogP contribution in [0.25, 0.3) is 11.8 Å². The summed E-state index contributed by atoms with van der Waals surface area (Å²) in [5.41, 5.74) is 7.76. The van der Waals surface area contributed by atoms with E-state index in [1.54, 1.807) is 0 Å². The van der Waals surface area contributed by atoms with E-state index >= 15 is 0 Å². The highest BCUT2D eigenvalue weighted by molar-refractivity contribution is 5.53. The molecule has 1 aromatic rings. The second-order valence-electron chi connectivity index (χ2n) is 3.25. The monoisotopic (exact) mass is 206 g/mol. The van der Waals surface area contributed by atoms with Crippen molar-refractivity contribution in [1.29, 1.82) is 0 Å². The van der Waals surface area contributed by atoms with Crippen molar-refractivity contribution >= 4 is 11.8 Å². The lowest BCUT2D eigenvalue weighted by Gasteiger charge is -2.11. The van der Waals surface area contributed by atoms with Crippen LogP contribution in [-0.4, -0.2) is 10.6 Å². The lowest BCUT2D eigenvalue weighted by Crippen LogP contribution is -2.16. The second kappa shape index (κ2) is 7.07. The van der Waals surface area contributed by atoms with Crippen LogP contribution in [0, 0.1) is 0 Å². The van der Waals surface area contributed by atoms with Crippen molar-refractivity contribution < 1.29 is 0 Å². The lowest BCUT2D eigenvalue weighted by molar-refractivity contribution is 0.745. The molecule has 0 saturated carbocycles. The van der Waals surface area contributed by atoms with Crippen LogP contribution in [-0.2, 0) is 0 Å². The van der Waals surface area contributed by atoms with Gasteiger partial charge in [-0.05, 0) is 25.1 Å². The van der Waals surface area contributed by atoms with E-state index in [-0.39, 0.29) is 6.04 Å².